The SMILES string of the molecule is COc1ccc(OCc2cccc(C(=N)N)c2)c(Br)c1. The van der Waals surface area contributed by atoms with Crippen molar-refractivity contribution in [1.29, 1.82) is 5.41 Å². The highest BCUT2D eigenvalue weighted by molar-refractivity contribution is 9.10. The summed E-state index contributed by atoms with van der Waals surface area (Å²) in [4.78, 5) is 0. The molecule has 3 N–H and O–H groups in total. The maximum atomic E-state index is 7.42. The number of nitrogen functional groups attached to an aromatic ring is 1. The Morgan fingerprint density at radius 2 is 2.05 bits per heavy atom. The summed E-state index contributed by atoms with van der Waals surface area (Å²) in [6, 6.07) is 13.0. The molecule has 5 heteroatoms. The monoisotopic (exact) mass is 334 g/mol. The zero-order valence-electron chi connectivity index (χ0n) is 11.0. The summed E-state index contributed by atoms with van der Waals surface area (Å²) in [6.45, 7) is 0.409. The van der Waals surface area contributed by atoms with Crippen molar-refractivity contribution in [3.63, 3.8) is 0 Å². The second kappa shape index (κ2) is 6.43. The van der Waals surface area contributed by atoms with Gasteiger partial charge < -0.3 is 15.2 Å². The molecular formula is C15H15BrN2O2. The van der Waals surface area contributed by atoms with Gasteiger partial charge in [-0.1, -0.05) is 18.2 Å². The molecule has 0 fully saturated rings. The fourth-order valence-corrected chi connectivity index (χ4v) is 2.19. The van der Waals surface area contributed by atoms with Crippen LogP contribution in [0, 0.1) is 5.41 Å². The second-order valence-electron chi connectivity index (χ2n) is 4.20. The number of hydrogen-bond acceptors (Lipinski definition) is 3. The van der Waals surface area contributed by atoms with E-state index in [1.54, 1.807) is 13.2 Å². The molecule has 0 saturated heterocycles. The standard InChI is InChI=1S/C15H15BrN2O2/c1-19-12-5-6-14(13(16)8-12)20-9-10-3-2-4-11(7-10)15(17)18/h2-8H,9H2,1H3,(H3,17,18). The van der Waals surface area contributed by atoms with E-state index in [0.29, 0.717) is 12.2 Å². The molecule has 0 aromatic heterocycles. The van der Waals surface area contributed by atoms with Gasteiger partial charge in [0.15, 0.2) is 0 Å². The van der Waals surface area contributed by atoms with Crippen molar-refractivity contribution in [2.45, 2.75) is 6.61 Å². The minimum atomic E-state index is 0.0532. The molecule has 0 aliphatic carbocycles. The fourth-order valence-electron chi connectivity index (χ4n) is 1.72. The lowest BCUT2D eigenvalue weighted by atomic mass is 10.1. The van der Waals surface area contributed by atoms with Gasteiger partial charge in [-0.15, -0.1) is 0 Å². The van der Waals surface area contributed by atoms with Crippen molar-refractivity contribution < 1.29 is 9.47 Å². The Labute approximate surface area is 126 Å². The van der Waals surface area contributed by atoms with Gasteiger partial charge in [-0.2, -0.15) is 0 Å². The third-order valence-corrected chi connectivity index (χ3v) is 3.39. The van der Waals surface area contributed by atoms with Gasteiger partial charge in [-0.3, -0.25) is 5.41 Å². The maximum Gasteiger partial charge on any atom is 0.134 e. The first-order chi connectivity index (χ1) is 9.60. The van der Waals surface area contributed by atoms with Crippen LogP contribution in [0.4, 0.5) is 0 Å². The van der Waals surface area contributed by atoms with Crippen molar-refractivity contribution in [1.82, 2.24) is 0 Å². The van der Waals surface area contributed by atoms with Crippen molar-refractivity contribution in [3.05, 3.63) is 58.1 Å². The summed E-state index contributed by atoms with van der Waals surface area (Å²) in [5, 5.41) is 7.42. The molecule has 2 rings (SSSR count). The van der Waals surface area contributed by atoms with E-state index < -0.39 is 0 Å². The molecule has 0 radical (unpaired) electrons. The van der Waals surface area contributed by atoms with Crippen LogP contribution in [0.3, 0.4) is 0 Å². The summed E-state index contributed by atoms with van der Waals surface area (Å²) in [5.74, 6) is 1.55. The molecule has 0 aliphatic rings. The molecule has 0 aliphatic heterocycles. The minimum absolute atomic E-state index is 0.0532. The smallest absolute Gasteiger partial charge is 0.134 e. The van der Waals surface area contributed by atoms with E-state index >= 15 is 0 Å². The highest BCUT2D eigenvalue weighted by atomic mass is 79.9. The highest BCUT2D eigenvalue weighted by Gasteiger charge is 2.04. The lowest BCUT2D eigenvalue weighted by Gasteiger charge is -2.10. The van der Waals surface area contributed by atoms with E-state index in [9.17, 15) is 0 Å². The number of nitrogens with two attached hydrogens (primary N) is 1. The van der Waals surface area contributed by atoms with Gasteiger partial charge in [0.25, 0.3) is 0 Å². The average molecular weight is 335 g/mol. The highest BCUT2D eigenvalue weighted by Crippen LogP contribution is 2.29. The molecule has 0 heterocycles. The van der Waals surface area contributed by atoms with Gasteiger partial charge in [0.2, 0.25) is 0 Å². The van der Waals surface area contributed by atoms with Crippen LogP contribution in [-0.4, -0.2) is 12.9 Å². The van der Waals surface area contributed by atoms with Crippen LogP contribution in [0.2, 0.25) is 0 Å². The van der Waals surface area contributed by atoms with Crippen LogP contribution in [0.15, 0.2) is 46.9 Å². The largest absolute Gasteiger partial charge is 0.497 e. The molecular weight excluding hydrogens is 320 g/mol. The Bertz CT molecular complexity index is 629. The molecule has 0 unspecified atom stereocenters. The van der Waals surface area contributed by atoms with Crippen LogP contribution in [-0.2, 0) is 6.61 Å². The quantitative estimate of drug-likeness (QED) is 0.651. The first-order valence-electron chi connectivity index (χ1n) is 6.00. The van der Waals surface area contributed by atoms with E-state index in [4.69, 9.17) is 20.6 Å². The third-order valence-electron chi connectivity index (χ3n) is 2.77. The zero-order chi connectivity index (χ0) is 14.5. The summed E-state index contributed by atoms with van der Waals surface area (Å²) < 4.78 is 11.7. The number of hydrogen-bond donors (Lipinski definition) is 2. The van der Waals surface area contributed by atoms with Crippen LogP contribution >= 0.6 is 15.9 Å². The maximum absolute atomic E-state index is 7.42. The van der Waals surface area contributed by atoms with Crippen molar-refractivity contribution in [3.8, 4) is 11.5 Å². The molecule has 104 valence electrons. The molecule has 20 heavy (non-hydrogen) atoms. The fraction of sp³-hybridized carbons (Fsp3) is 0.133. The van der Waals surface area contributed by atoms with Crippen LogP contribution in [0.25, 0.3) is 0 Å². The first kappa shape index (κ1) is 14.4. The van der Waals surface area contributed by atoms with Crippen LogP contribution in [0.5, 0.6) is 11.5 Å². The molecule has 0 bridgehead atoms. The van der Waals surface area contributed by atoms with E-state index in [1.807, 2.05) is 36.4 Å². The Hall–Kier alpha value is -2.01. The Morgan fingerprint density at radius 3 is 2.70 bits per heavy atom. The lowest BCUT2D eigenvalue weighted by Crippen LogP contribution is -2.11. The predicted molar refractivity (Wildman–Crippen MR) is 82.5 cm³/mol. The van der Waals surface area contributed by atoms with Gasteiger partial charge in [0, 0.05) is 5.56 Å². The minimum Gasteiger partial charge on any atom is -0.497 e. The van der Waals surface area contributed by atoms with Crippen LogP contribution in [0.1, 0.15) is 11.1 Å². The van der Waals surface area contributed by atoms with Gasteiger partial charge in [0.05, 0.1) is 11.6 Å². The average Bonchev–Trinajstić information content (AvgIpc) is 2.46. The number of benzene rings is 2. The second-order valence-corrected chi connectivity index (χ2v) is 5.05. The molecule has 2 aromatic carbocycles. The van der Waals surface area contributed by atoms with E-state index in [2.05, 4.69) is 15.9 Å². The lowest BCUT2D eigenvalue weighted by molar-refractivity contribution is 0.303. The Morgan fingerprint density at radius 1 is 1.25 bits per heavy atom. The van der Waals surface area contributed by atoms with E-state index in [-0.39, 0.29) is 5.84 Å². The molecule has 0 amide bonds. The molecule has 0 spiro atoms. The Kier molecular flexibility index (Phi) is 4.63. The summed E-state index contributed by atoms with van der Waals surface area (Å²) in [7, 11) is 1.62. The molecule has 2 aromatic rings. The van der Waals surface area contributed by atoms with Gasteiger partial charge in [0.1, 0.15) is 23.9 Å². The van der Waals surface area contributed by atoms with Crippen molar-refractivity contribution >= 4 is 21.8 Å². The van der Waals surface area contributed by atoms with Crippen LogP contribution < -0.4 is 15.2 Å². The normalized spacial score (nSPS) is 10.1. The van der Waals surface area contributed by atoms with Gasteiger partial charge in [-0.25, -0.2) is 0 Å². The van der Waals surface area contributed by atoms with E-state index in [0.717, 1.165) is 21.5 Å². The molecule has 0 saturated carbocycles. The summed E-state index contributed by atoms with van der Waals surface area (Å²) in [5.41, 5.74) is 7.12. The van der Waals surface area contributed by atoms with Crippen molar-refractivity contribution in [2.24, 2.45) is 5.73 Å². The first-order valence-corrected chi connectivity index (χ1v) is 6.79. The summed E-state index contributed by atoms with van der Waals surface area (Å²) in [6.07, 6.45) is 0. The number of nitrogens with one attached hydrogen (secondary N) is 1. The molecule has 4 nitrogen and oxygen atoms in total. The topological polar surface area (TPSA) is 68.3 Å². The predicted octanol–water partition coefficient (Wildman–Crippen LogP) is 3.32. The number of ether oxygens (including phenoxy) is 2. The van der Waals surface area contributed by atoms with Crippen molar-refractivity contribution in [2.75, 3.05) is 7.11 Å². The van der Waals surface area contributed by atoms with E-state index in [1.165, 1.54) is 0 Å². The number of halogens is 1. The molecule has 0 atom stereocenters. The van der Waals surface area contributed by atoms with Gasteiger partial charge >= 0.3 is 0 Å². The number of rotatable bonds is 5. The third kappa shape index (κ3) is 3.51. The summed E-state index contributed by atoms with van der Waals surface area (Å²) >= 11 is 3.44. The zero-order valence-corrected chi connectivity index (χ0v) is 12.6. The number of methoxy groups -OCH3 is 1. The van der Waals surface area contributed by atoms with Gasteiger partial charge in [-0.05, 0) is 45.8 Å². The Balaban J connectivity index is 2.09. The number of amidine groups is 1.